The standard InChI is InChI=1S/C10H8.H3O4P/c1-2-6-10-8-4-3-7-9(10)5-1;1-5(2,3)4/h1-8H;(H3,1,2,3,4)/p-3. The van der Waals surface area contributed by atoms with E-state index >= 15 is 0 Å². The lowest BCUT2D eigenvalue weighted by atomic mass is 10.1. The summed E-state index contributed by atoms with van der Waals surface area (Å²) in [7, 11) is -5.39. The van der Waals surface area contributed by atoms with Gasteiger partial charge in [0.25, 0.3) is 0 Å². The summed E-state index contributed by atoms with van der Waals surface area (Å²) in [6.07, 6.45) is 0. The van der Waals surface area contributed by atoms with Gasteiger partial charge in [0.1, 0.15) is 0 Å². The molecular weight excluding hydrogens is 215 g/mol. The molecule has 0 saturated carbocycles. The number of rotatable bonds is 0. The zero-order valence-electron chi connectivity index (χ0n) is 7.70. The summed E-state index contributed by atoms with van der Waals surface area (Å²) in [5.41, 5.74) is 0. The fourth-order valence-corrected chi connectivity index (χ4v) is 1.13. The van der Waals surface area contributed by atoms with Crippen LogP contribution >= 0.6 is 7.82 Å². The first-order valence-corrected chi connectivity index (χ1v) is 5.60. The predicted octanol–water partition coefficient (Wildman–Crippen LogP) is 0.0152. The van der Waals surface area contributed by atoms with Crippen molar-refractivity contribution in [3.63, 3.8) is 0 Å². The van der Waals surface area contributed by atoms with Crippen LogP contribution in [0.15, 0.2) is 48.5 Å². The fraction of sp³-hybridized carbons (Fsp3) is 0. The number of hydrogen-bond acceptors (Lipinski definition) is 4. The second-order valence-corrected chi connectivity index (χ2v) is 3.69. The minimum atomic E-state index is -5.39. The molecule has 0 aliphatic carbocycles. The Labute approximate surface area is 87.1 Å². The van der Waals surface area contributed by atoms with Gasteiger partial charge in [0, 0.05) is 0 Å². The Morgan fingerprint density at radius 3 is 1.13 bits per heavy atom. The molecule has 0 heterocycles. The van der Waals surface area contributed by atoms with Gasteiger partial charge >= 0.3 is 0 Å². The molecule has 0 spiro atoms. The summed E-state index contributed by atoms with van der Waals surface area (Å²) >= 11 is 0. The van der Waals surface area contributed by atoms with Crippen LogP contribution in [0.25, 0.3) is 10.8 Å². The molecule has 0 bridgehead atoms. The van der Waals surface area contributed by atoms with Gasteiger partial charge in [-0.3, -0.25) is 0 Å². The van der Waals surface area contributed by atoms with Crippen LogP contribution in [0.5, 0.6) is 0 Å². The van der Waals surface area contributed by atoms with Crippen LogP contribution in [0.4, 0.5) is 0 Å². The number of benzene rings is 2. The Morgan fingerprint density at radius 2 is 0.933 bits per heavy atom. The first-order valence-electron chi connectivity index (χ1n) is 4.13. The minimum absolute atomic E-state index is 1.31. The summed E-state index contributed by atoms with van der Waals surface area (Å²) in [6, 6.07) is 16.7. The van der Waals surface area contributed by atoms with Gasteiger partial charge in [0.15, 0.2) is 0 Å². The summed E-state index contributed by atoms with van der Waals surface area (Å²) in [4.78, 5) is 25.6. The first kappa shape index (κ1) is 11.9. The van der Waals surface area contributed by atoms with Gasteiger partial charge in [-0.25, -0.2) is 0 Å². The lowest BCUT2D eigenvalue weighted by Crippen LogP contribution is -2.24. The maximum atomic E-state index is 8.55. The van der Waals surface area contributed by atoms with E-state index in [1.807, 2.05) is 0 Å². The van der Waals surface area contributed by atoms with Crippen LogP contribution in [-0.4, -0.2) is 0 Å². The number of phosphoric acid groups is 1. The van der Waals surface area contributed by atoms with Crippen LogP contribution in [0.1, 0.15) is 0 Å². The average molecular weight is 223 g/mol. The number of hydrogen-bond donors (Lipinski definition) is 0. The Morgan fingerprint density at radius 1 is 0.733 bits per heavy atom. The van der Waals surface area contributed by atoms with Crippen LogP contribution < -0.4 is 14.7 Å². The third-order valence-electron chi connectivity index (χ3n) is 1.66. The zero-order chi connectivity index (χ0) is 11.3. The Bertz CT molecular complexity index is 404. The van der Waals surface area contributed by atoms with E-state index < -0.39 is 7.82 Å². The highest BCUT2D eigenvalue weighted by Crippen LogP contribution is 2.11. The van der Waals surface area contributed by atoms with Gasteiger partial charge in [0.05, 0.1) is 0 Å². The second-order valence-electron chi connectivity index (χ2n) is 2.79. The van der Waals surface area contributed by atoms with Crippen molar-refractivity contribution in [3.8, 4) is 0 Å². The first-order chi connectivity index (χ1) is 6.97. The van der Waals surface area contributed by atoms with Crippen molar-refractivity contribution in [3.05, 3.63) is 48.5 Å². The SMILES string of the molecule is O=P([O-])([O-])[O-].c1ccc2ccccc2c1. The molecule has 2 aromatic carbocycles. The Balaban J connectivity index is 0.000000195. The molecule has 0 fully saturated rings. The normalized spacial score (nSPS) is 10.6. The van der Waals surface area contributed by atoms with E-state index in [0.29, 0.717) is 0 Å². The van der Waals surface area contributed by atoms with E-state index in [1.54, 1.807) is 0 Å². The molecule has 80 valence electrons. The molecule has 0 atom stereocenters. The van der Waals surface area contributed by atoms with Gasteiger partial charge in [-0.1, -0.05) is 48.5 Å². The molecule has 0 aliphatic rings. The van der Waals surface area contributed by atoms with Crippen molar-refractivity contribution >= 4 is 18.6 Å². The summed E-state index contributed by atoms with van der Waals surface area (Å²) in [6.45, 7) is 0. The topological polar surface area (TPSA) is 86.2 Å². The molecule has 0 unspecified atom stereocenters. The number of fused-ring (bicyclic) bond motifs is 1. The molecule has 0 aromatic heterocycles. The quantitative estimate of drug-likeness (QED) is 0.589. The van der Waals surface area contributed by atoms with Crippen molar-refractivity contribution in [1.29, 1.82) is 0 Å². The lowest BCUT2D eigenvalue weighted by molar-refractivity contribution is -0.432. The van der Waals surface area contributed by atoms with Crippen molar-refractivity contribution in [2.24, 2.45) is 0 Å². The Hall–Kier alpha value is -1.19. The van der Waals surface area contributed by atoms with Gasteiger partial charge in [-0.05, 0) is 10.8 Å². The van der Waals surface area contributed by atoms with Crippen molar-refractivity contribution in [2.75, 3.05) is 0 Å². The highest BCUT2D eigenvalue weighted by Gasteiger charge is 1.85. The highest BCUT2D eigenvalue weighted by molar-refractivity contribution is 7.40. The highest BCUT2D eigenvalue weighted by atomic mass is 31.2. The van der Waals surface area contributed by atoms with E-state index in [-0.39, 0.29) is 0 Å². The van der Waals surface area contributed by atoms with Gasteiger partial charge in [-0.2, -0.15) is 7.82 Å². The van der Waals surface area contributed by atoms with Crippen LogP contribution in [-0.2, 0) is 4.57 Å². The molecule has 2 aromatic rings. The third kappa shape index (κ3) is 5.30. The van der Waals surface area contributed by atoms with E-state index in [2.05, 4.69) is 48.5 Å². The molecule has 0 amide bonds. The minimum Gasteiger partial charge on any atom is -0.822 e. The molecule has 0 radical (unpaired) electrons. The van der Waals surface area contributed by atoms with Crippen molar-refractivity contribution < 1.29 is 19.2 Å². The monoisotopic (exact) mass is 223 g/mol. The van der Waals surface area contributed by atoms with Crippen LogP contribution in [0, 0.1) is 0 Å². The van der Waals surface area contributed by atoms with Crippen molar-refractivity contribution in [1.82, 2.24) is 0 Å². The molecule has 0 saturated heterocycles. The maximum absolute atomic E-state index is 8.55. The van der Waals surface area contributed by atoms with Gasteiger partial charge in [0.2, 0.25) is 0 Å². The Kier molecular flexibility index (Phi) is 4.00. The third-order valence-corrected chi connectivity index (χ3v) is 1.66. The zero-order valence-corrected chi connectivity index (χ0v) is 8.59. The average Bonchev–Trinajstić information content (AvgIpc) is 2.16. The molecule has 4 nitrogen and oxygen atoms in total. The largest absolute Gasteiger partial charge is 0.822 e. The molecule has 2 rings (SSSR count). The molecule has 15 heavy (non-hydrogen) atoms. The molecule has 0 aliphatic heterocycles. The molecule has 0 N–H and O–H groups in total. The van der Waals surface area contributed by atoms with Crippen molar-refractivity contribution in [2.45, 2.75) is 0 Å². The fourth-order valence-electron chi connectivity index (χ4n) is 1.13. The smallest absolute Gasteiger partial charge is 0.0184 e. The predicted molar refractivity (Wildman–Crippen MR) is 51.6 cm³/mol. The van der Waals surface area contributed by atoms with Gasteiger partial charge < -0.3 is 19.2 Å². The van der Waals surface area contributed by atoms with Crippen LogP contribution in [0.3, 0.4) is 0 Å². The van der Waals surface area contributed by atoms with E-state index in [9.17, 15) is 0 Å². The van der Waals surface area contributed by atoms with E-state index in [0.717, 1.165) is 0 Å². The van der Waals surface area contributed by atoms with E-state index in [4.69, 9.17) is 19.2 Å². The second kappa shape index (κ2) is 5.05. The molecule has 5 heteroatoms. The summed E-state index contributed by atoms with van der Waals surface area (Å²) in [5.74, 6) is 0. The maximum Gasteiger partial charge on any atom is -0.0184 e. The molecular formula is C10H8O4P-3. The lowest BCUT2D eigenvalue weighted by Gasteiger charge is -2.36. The van der Waals surface area contributed by atoms with Gasteiger partial charge in [-0.15, -0.1) is 0 Å². The summed E-state index contributed by atoms with van der Waals surface area (Å²) < 4.78 is 8.55. The summed E-state index contributed by atoms with van der Waals surface area (Å²) in [5, 5.41) is 2.62. The van der Waals surface area contributed by atoms with E-state index in [1.165, 1.54) is 10.8 Å². The van der Waals surface area contributed by atoms with Crippen LogP contribution in [0.2, 0.25) is 0 Å².